The number of carbonyl (C=O) groups excluding carboxylic acids is 7. The normalized spacial score (nSPS) is 14.1. The number of hydrogen-bond acceptors (Lipinski definition) is 11. The van der Waals surface area contributed by atoms with Crippen molar-refractivity contribution in [3.8, 4) is 11.8 Å². The SMILES string of the molecule is CNC(C(=O)N[C@H](CN(C)[C@H](/C=C(\C)C(=O)O)C(C)C)C(C)(C)C)C(C)(C)c1cccc(CNC(=O)OCc2ccc(NC(=O)[C@H](CCCNC(N)=O)NC(=O)[C@@H](NC(=O)CCC(=O)N3Cc4ccccc4C#Cc4ccccc43)C(C)C)cc2)c1. The number of fused-ring (bicyclic) bond motifs is 2. The van der Waals surface area contributed by atoms with Gasteiger partial charge in [0.05, 0.1) is 18.3 Å². The second-order valence-electron chi connectivity index (χ2n) is 24.2. The third-order valence-electron chi connectivity index (χ3n) is 15.4. The van der Waals surface area contributed by atoms with E-state index in [2.05, 4.69) is 74.7 Å². The fourth-order valence-electron chi connectivity index (χ4n) is 10.1. The fourth-order valence-corrected chi connectivity index (χ4v) is 10.1. The third kappa shape index (κ3) is 20.0. The number of nitrogens with zero attached hydrogens (tertiary/aromatic N) is 2. The molecule has 5 atom stereocenters. The van der Waals surface area contributed by atoms with Gasteiger partial charge in [0.2, 0.25) is 29.5 Å². The van der Waals surface area contributed by atoms with Crippen molar-refractivity contribution in [1.82, 2.24) is 36.8 Å². The van der Waals surface area contributed by atoms with Crippen LogP contribution in [0.3, 0.4) is 0 Å². The van der Waals surface area contributed by atoms with Gasteiger partial charge in [0.1, 0.15) is 18.7 Å². The largest absolute Gasteiger partial charge is 0.478 e. The highest BCUT2D eigenvalue weighted by Crippen LogP contribution is 2.31. The van der Waals surface area contributed by atoms with Gasteiger partial charge in [0, 0.05) is 72.4 Å². The Labute approximate surface area is 506 Å². The number of nitrogens with one attached hydrogen (secondary N) is 7. The quantitative estimate of drug-likeness (QED) is 0.0155. The number of urea groups is 1. The highest BCUT2D eigenvalue weighted by molar-refractivity contribution is 6.00. The van der Waals surface area contributed by atoms with E-state index < -0.39 is 65.3 Å². The molecule has 1 aliphatic heterocycles. The Morgan fingerprint density at radius 3 is 2.07 bits per heavy atom. The topological polar surface area (TPSA) is 283 Å². The summed E-state index contributed by atoms with van der Waals surface area (Å²) in [5, 5.41) is 29.8. The van der Waals surface area contributed by atoms with Crippen molar-refractivity contribution in [1.29, 1.82) is 0 Å². The second-order valence-corrected chi connectivity index (χ2v) is 24.2. The first kappa shape index (κ1) is 68.2. The number of nitrogens with two attached hydrogens (primary N) is 1. The monoisotopic (exact) mass is 1180 g/mol. The van der Waals surface area contributed by atoms with Crippen LogP contribution in [0.4, 0.5) is 21.0 Å². The summed E-state index contributed by atoms with van der Waals surface area (Å²) in [6, 6.07) is 25.1. The number of ether oxygens (including phenoxy) is 1. The van der Waals surface area contributed by atoms with E-state index in [9.17, 15) is 43.5 Å². The Balaban J connectivity index is 1.15. The van der Waals surface area contributed by atoms with Crippen LogP contribution in [0.1, 0.15) is 128 Å². The zero-order valence-corrected chi connectivity index (χ0v) is 51.8. The molecule has 0 saturated heterocycles. The molecule has 5 rings (SSSR count). The van der Waals surface area contributed by atoms with Gasteiger partial charge in [-0.15, -0.1) is 0 Å². The Hall–Kier alpha value is -8.54. The summed E-state index contributed by atoms with van der Waals surface area (Å²) >= 11 is 0. The van der Waals surface area contributed by atoms with Crippen LogP contribution in [0.2, 0.25) is 0 Å². The summed E-state index contributed by atoms with van der Waals surface area (Å²) in [6.45, 7) is 20.2. The molecule has 8 amide bonds. The Kier molecular flexibility index (Phi) is 25.0. The zero-order chi connectivity index (χ0) is 63.5. The van der Waals surface area contributed by atoms with E-state index in [1.165, 1.54) is 0 Å². The van der Waals surface area contributed by atoms with Crippen LogP contribution in [0.5, 0.6) is 0 Å². The van der Waals surface area contributed by atoms with Gasteiger partial charge in [-0.05, 0) is 104 Å². The summed E-state index contributed by atoms with van der Waals surface area (Å²) in [7, 11) is 3.69. The molecule has 86 heavy (non-hydrogen) atoms. The van der Waals surface area contributed by atoms with Crippen molar-refractivity contribution in [3.05, 3.63) is 142 Å². The highest BCUT2D eigenvalue weighted by atomic mass is 16.5. The number of para-hydroxylation sites is 1. The van der Waals surface area contributed by atoms with E-state index >= 15 is 0 Å². The first-order valence-electron chi connectivity index (χ1n) is 29.2. The van der Waals surface area contributed by atoms with Crippen molar-refractivity contribution in [2.45, 2.75) is 150 Å². The number of primary amides is 1. The van der Waals surface area contributed by atoms with Gasteiger partial charge in [-0.2, -0.15) is 0 Å². The van der Waals surface area contributed by atoms with E-state index in [0.29, 0.717) is 29.0 Å². The minimum atomic E-state index is -1.10. The van der Waals surface area contributed by atoms with Gasteiger partial charge in [-0.1, -0.05) is 147 Å². The fraction of sp³-hybridized carbons (Fsp3) is 0.455. The molecule has 0 radical (unpaired) electrons. The van der Waals surface area contributed by atoms with Gasteiger partial charge < -0.3 is 57.7 Å². The van der Waals surface area contributed by atoms with E-state index in [0.717, 1.165) is 22.3 Å². The number of alkyl carbamates (subject to hydrolysis) is 1. The number of amides is 8. The van der Waals surface area contributed by atoms with Crippen LogP contribution in [0.25, 0.3) is 0 Å². The lowest BCUT2D eigenvalue weighted by atomic mass is 9.76. The van der Waals surface area contributed by atoms with E-state index in [1.54, 1.807) is 63.1 Å². The molecule has 0 saturated carbocycles. The minimum Gasteiger partial charge on any atom is -0.478 e. The smallest absolute Gasteiger partial charge is 0.407 e. The predicted octanol–water partition coefficient (Wildman–Crippen LogP) is 7.24. The minimum absolute atomic E-state index is 0.0911. The number of aliphatic carboxylic acids is 1. The molecule has 20 nitrogen and oxygen atoms in total. The van der Waals surface area contributed by atoms with Crippen molar-refractivity contribution >= 4 is 59.0 Å². The molecule has 0 bridgehead atoms. The van der Waals surface area contributed by atoms with Crippen molar-refractivity contribution in [3.63, 3.8) is 0 Å². The van der Waals surface area contributed by atoms with E-state index in [1.807, 2.05) is 108 Å². The summed E-state index contributed by atoms with van der Waals surface area (Å²) < 4.78 is 5.54. The molecule has 462 valence electrons. The first-order valence-corrected chi connectivity index (χ1v) is 29.2. The van der Waals surface area contributed by atoms with Gasteiger partial charge >= 0.3 is 18.1 Å². The van der Waals surface area contributed by atoms with Gasteiger partial charge in [-0.3, -0.25) is 28.9 Å². The number of carbonyl (C=O) groups is 8. The molecule has 4 aromatic rings. The number of rotatable bonds is 28. The summed E-state index contributed by atoms with van der Waals surface area (Å²) in [5.74, 6) is 2.91. The lowest BCUT2D eigenvalue weighted by Gasteiger charge is -2.40. The first-order chi connectivity index (χ1) is 40.6. The summed E-state index contributed by atoms with van der Waals surface area (Å²) in [6.07, 6.45) is 1.11. The molecular weight excluding hydrogens is 1090 g/mol. The van der Waals surface area contributed by atoms with E-state index in [-0.39, 0.29) is 92.7 Å². The standard InChI is InChI=1S/C66H88N10O10/c1-41(2)53(35-43(5)62(82)83)75(12)39-54(65(6,7)8)73-61(81)58(68-11)66(9,10)49-23-17-19-45(36-49)37-70-64(85)86-40-44-26-30-50(31-27-44)71-59(79)51(24-18-34-69-63(67)84)72-60(80)57(42(3)4)74-55(77)32-33-56(78)76-38-48-22-14-13-20-46(48)28-29-47-21-15-16-25-52(47)76/h13-17,19-23,25-27,30-31,35-36,41-42,51,53-54,57-58,68H,18,24,32-34,37-40H2,1-12H3,(H,70,85)(H,71,79)(H,72,80)(H,73,81)(H,74,77)(H,82,83)(H3,67,69,84)/b43-35+/t51-,53+,54+,57-,58?/m0/s1. The van der Waals surface area contributed by atoms with Crippen LogP contribution in [-0.2, 0) is 58.6 Å². The van der Waals surface area contributed by atoms with Crippen LogP contribution in [0.15, 0.2) is 109 Å². The molecule has 4 aromatic carbocycles. The van der Waals surface area contributed by atoms with Crippen molar-refractivity contribution < 1.29 is 48.2 Å². The molecular formula is C66H88N10O10. The van der Waals surface area contributed by atoms with Crippen LogP contribution >= 0.6 is 0 Å². The maximum absolute atomic E-state index is 14.2. The van der Waals surface area contributed by atoms with Gasteiger partial charge in [-0.25, -0.2) is 14.4 Å². The number of benzene rings is 4. The van der Waals surface area contributed by atoms with Crippen molar-refractivity contribution in [2.75, 3.05) is 37.4 Å². The summed E-state index contributed by atoms with van der Waals surface area (Å²) in [5.41, 5.74) is 10.1. The van der Waals surface area contributed by atoms with Crippen LogP contribution in [-0.4, -0.2) is 115 Å². The number of carboxylic acid groups (broad SMARTS) is 1. The Morgan fingerprint density at radius 2 is 1.43 bits per heavy atom. The lowest BCUT2D eigenvalue weighted by Crippen LogP contribution is -2.59. The van der Waals surface area contributed by atoms with E-state index in [4.69, 9.17) is 10.5 Å². The molecule has 20 heteroatoms. The molecule has 0 fully saturated rings. The molecule has 1 heterocycles. The van der Waals surface area contributed by atoms with Crippen molar-refractivity contribution in [2.24, 2.45) is 23.0 Å². The number of hydrogen-bond donors (Lipinski definition) is 9. The second kappa shape index (κ2) is 31.6. The molecule has 1 aliphatic rings. The summed E-state index contributed by atoms with van der Waals surface area (Å²) in [4.78, 5) is 109. The number of anilines is 2. The maximum Gasteiger partial charge on any atom is 0.407 e. The predicted molar refractivity (Wildman–Crippen MR) is 333 cm³/mol. The Bertz CT molecular complexity index is 3140. The van der Waals surface area contributed by atoms with Gasteiger partial charge in [0.15, 0.2) is 0 Å². The van der Waals surface area contributed by atoms with Crippen LogP contribution in [0, 0.1) is 29.1 Å². The molecule has 10 N–H and O–H groups in total. The molecule has 1 unspecified atom stereocenters. The lowest BCUT2D eigenvalue weighted by molar-refractivity contribution is -0.132. The maximum atomic E-state index is 14.2. The third-order valence-corrected chi connectivity index (χ3v) is 15.4. The van der Waals surface area contributed by atoms with Crippen LogP contribution < -0.4 is 47.9 Å². The number of likely N-dealkylation sites (N-methyl/N-ethyl adjacent to an activating group) is 2. The Morgan fingerprint density at radius 1 is 0.767 bits per heavy atom. The highest BCUT2D eigenvalue weighted by Gasteiger charge is 2.39. The average molecular weight is 1180 g/mol. The average Bonchev–Trinajstić information content (AvgIpc) is 1.55. The zero-order valence-electron chi connectivity index (χ0n) is 51.8. The molecule has 0 aliphatic carbocycles. The van der Waals surface area contributed by atoms with Gasteiger partial charge in [0.25, 0.3) is 0 Å². The molecule has 0 spiro atoms. The number of carboxylic acids is 1. The molecule has 0 aromatic heterocycles.